The van der Waals surface area contributed by atoms with Crippen molar-refractivity contribution >= 4 is 6.08 Å². The molecule has 0 bridgehead atoms. The Kier molecular flexibility index (Phi) is 5.12. The van der Waals surface area contributed by atoms with E-state index in [4.69, 9.17) is 10.5 Å². The molecule has 0 amide bonds. The van der Waals surface area contributed by atoms with Crippen molar-refractivity contribution in [2.45, 2.75) is 38.0 Å². The van der Waals surface area contributed by atoms with Crippen LogP contribution in [0.15, 0.2) is 48.1 Å². The summed E-state index contributed by atoms with van der Waals surface area (Å²) in [7, 11) is 0. The van der Waals surface area contributed by atoms with Gasteiger partial charge in [-0.05, 0) is 23.6 Å². The van der Waals surface area contributed by atoms with Gasteiger partial charge in [-0.3, -0.25) is 5.73 Å². The van der Waals surface area contributed by atoms with Crippen molar-refractivity contribution in [3.63, 3.8) is 0 Å². The normalized spacial score (nSPS) is 27.9. The molecule has 0 spiro atoms. The second-order valence-electron chi connectivity index (χ2n) is 5.27. The quantitative estimate of drug-likeness (QED) is 0.493. The fraction of sp³-hybridized carbons (Fsp3) is 0.412. The fourth-order valence-electron chi connectivity index (χ4n) is 2.27. The van der Waals surface area contributed by atoms with Crippen molar-refractivity contribution in [3.8, 4) is 0 Å². The smallest absolute Gasteiger partial charge is 0.139 e. The van der Waals surface area contributed by atoms with E-state index in [1.165, 1.54) is 0 Å². The number of ether oxygens (including phenoxy) is 1. The molecular formula is C17H23NO2. The highest BCUT2D eigenvalue weighted by molar-refractivity contribution is 5.55. The Hall–Kier alpha value is -1.42. The lowest BCUT2D eigenvalue weighted by molar-refractivity contribution is -0.0117. The summed E-state index contributed by atoms with van der Waals surface area (Å²) in [5.74, 6) is 0. The molecule has 0 saturated carbocycles. The van der Waals surface area contributed by atoms with Crippen LogP contribution < -0.4 is 5.73 Å². The van der Waals surface area contributed by atoms with Gasteiger partial charge in [0, 0.05) is 13.0 Å². The van der Waals surface area contributed by atoms with Gasteiger partial charge in [-0.15, -0.1) is 0 Å². The molecule has 0 aromatic heterocycles. The van der Waals surface area contributed by atoms with Gasteiger partial charge >= 0.3 is 0 Å². The minimum absolute atomic E-state index is 0.517. The van der Waals surface area contributed by atoms with Crippen LogP contribution in [0, 0.1) is 0 Å². The number of aliphatic hydroxyl groups is 1. The van der Waals surface area contributed by atoms with E-state index in [-0.39, 0.29) is 0 Å². The van der Waals surface area contributed by atoms with Crippen LogP contribution in [-0.4, -0.2) is 23.5 Å². The largest absolute Gasteiger partial charge is 0.385 e. The van der Waals surface area contributed by atoms with E-state index in [9.17, 15) is 5.11 Å². The number of benzene rings is 1. The maximum atomic E-state index is 10.1. The molecule has 3 N–H and O–H groups in total. The third kappa shape index (κ3) is 4.04. The Morgan fingerprint density at radius 3 is 2.85 bits per heavy atom. The Morgan fingerprint density at radius 1 is 1.40 bits per heavy atom. The number of hydrogen-bond donors (Lipinski definition) is 2. The van der Waals surface area contributed by atoms with Crippen molar-refractivity contribution in [1.82, 2.24) is 0 Å². The maximum absolute atomic E-state index is 10.1. The van der Waals surface area contributed by atoms with E-state index in [1.807, 2.05) is 36.4 Å². The number of unbranched alkanes of at least 4 members (excludes halogenated alkanes) is 1. The molecule has 1 aromatic rings. The van der Waals surface area contributed by atoms with Crippen LogP contribution in [-0.2, 0) is 4.74 Å². The molecule has 0 fully saturated rings. The average Bonchev–Trinajstić information content (AvgIpc) is 2.45. The summed E-state index contributed by atoms with van der Waals surface area (Å²) < 4.78 is 5.77. The highest BCUT2D eigenvalue weighted by Crippen LogP contribution is 2.28. The fourth-order valence-corrected chi connectivity index (χ4v) is 2.27. The standard InChI is InChI=1S/C17H23NO2/c1-2-3-11-20-17(18)10-9-16(19)15(13-17)12-14-7-5-4-6-8-14/h4-10,12,16,19H,2-3,11,13,18H2,1H3. The van der Waals surface area contributed by atoms with Gasteiger partial charge in [0.15, 0.2) is 0 Å². The first-order valence-electron chi connectivity index (χ1n) is 7.19. The SMILES string of the molecule is CCCCOC1(N)C=CC(O)C(=Cc2ccccc2)C1. The zero-order valence-electron chi connectivity index (χ0n) is 12.0. The van der Waals surface area contributed by atoms with Crippen molar-refractivity contribution < 1.29 is 9.84 Å². The Bertz CT molecular complexity index is 481. The van der Waals surface area contributed by atoms with Crippen molar-refractivity contribution in [1.29, 1.82) is 0 Å². The monoisotopic (exact) mass is 273 g/mol. The summed E-state index contributed by atoms with van der Waals surface area (Å²) >= 11 is 0. The van der Waals surface area contributed by atoms with Gasteiger partial charge < -0.3 is 9.84 Å². The Balaban J connectivity index is 2.11. The minimum atomic E-state index is -0.797. The second-order valence-corrected chi connectivity index (χ2v) is 5.27. The lowest BCUT2D eigenvalue weighted by atomic mass is 9.90. The van der Waals surface area contributed by atoms with Gasteiger partial charge in [-0.1, -0.05) is 55.8 Å². The molecule has 0 heterocycles. The number of aliphatic hydroxyl groups excluding tert-OH is 1. The van der Waals surface area contributed by atoms with Gasteiger partial charge in [0.05, 0.1) is 6.10 Å². The van der Waals surface area contributed by atoms with Gasteiger partial charge in [0.1, 0.15) is 5.72 Å². The van der Waals surface area contributed by atoms with E-state index in [1.54, 1.807) is 12.2 Å². The molecule has 0 saturated heterocycles. The summed E-state index contributed by atoms with van der Waals surface area (Å²) in [5.41, 5.74) is 7.40. The molecule has 0 aliphatic heterocycles. The zero-order valence-corrected chi connectivity index (χ0v) is 12.0. The molecule has 3 nitrogen and oxygen atoms in total. The van der Waals surface area contributed by atoms with Crippen LogP contribution >= 0.6 is 0 Å². The third-order valence-corrected chi connectivity index (χ3v) is 3.44. The molecule has 0 radical (unpaired) electrons. The van der Waals surface area contributed by atoms with Crippen LogP contribution in [0.3, 0.4) is 0 Å². The Morgan fingerprint density at radius 2 is 2.15 bits per heavy atom. The van der Waals surface area contributed by atoms with Gasteiger partial charge in [0.25, 0.3) is 0 Å². The first-order chi connectivity index (χ1) is 9.63. The molecule has 3 heteroatoms. The zero-order chi connectivity index (χ0) is 14.4. The molecule has 1 aliphatic rings. The van der Waals surface area contributed by atoms with E-state index in [2.05, 4.69) is 6.92 Å². The van der Waals surface area contributed by atoms with Gasteiger partial charge in [-0.25, -0.2) is 0 Å². The lowest BCUT2D eigenvalue weighted by Crippen LogP contribution is -2.44. The van der Waals surface area contributed by atoms with Crippen LogP contribution in [0.5, 0.6) is 0 Å². The van der Waals surface area contributed by atoms with E-state index >= 15 is 0 Å². The van der Waals surface area contributed by atoms with Crippen LogP contribution in [0.1, 0.15) is 31.7 Å². The van der Waals surface area contributed by atoms with Crippen LogP contribution in [0.4, 0.5) is 0 Å². The first-order valence-corrected chi connectivity index (χ1v) is 7.19. The molecule has 1 aliphatic carbocycles. The van der Waals surface area contributed by atoms with Crippen molar-refractivity contribution in [2.75, 3.05) is 6.61 Å². The van der Waals surface area contributed by atoms with Crippen LogP contribution in [0.2, 0.25) is 0 Å². The molecule has 108 valence electrons. The third-order valence-electron chi connectivity index (χ3n) is 3.44. The second kappa shape index (κ2) is 6.84. The Labute approximate surface area is 120 Å². The summed E-state index contributed by atoms with van der Waals surface area (Å²) in [6, 6.07) is 9.94. The topological polar surface area (TPSA) is 55.5 Å². The number of nitrogens with two attached hydrogens (primary N) is 1. The lowest BCUT2D eigenvalue weighted by Gasteiger charge is -2.32. The van der Waals surface area contributed by atoms with Crippen LogP contribution in [0.25, 0.3) is 6.08 Å². The summed E-state index contributed by atoms with van der Waals surface area (Å²) in [4.78, 5) is 0. The molecular weight excluding hydrogens is 250 g/mol. The highest BCUT2D eigenvalue weighted by atomic mass is 16.5. The minimum Gasteiger partial charge on any atom is -0.385 e. The average molecular weight is 273 g/mol. The highest BCUT2D eigenvalue weighted by Gasteiger charge is 2.30. The number of hydrogen-bond acceptors (Lipinski definition) is 3. The summed E-state index contributed by atoms with van der Waals surface area (Å²) in [6.07, 6.45) is 7.48. The first kappa shape index (κ1) is 15.0. The summed E-state index contributed by atoms with van der Waals surface area (Å²) in [5, 5.41) is 10.1. The van der Waals surface area contributed by atoms with E-state index in [0.717, 1.165) is 24.0 Å². The van der Waals surface area contributed by atoms with Gasteiger partial charge in [0.2, 0.25) is 0 Å². The molecule has 2 unspecified atom stereocenters. The van der Waals surface area contributed by atoms with Crippen molar-refractivity contribution in [3.05, 3.63) is 53.6 Å². The van der Waals surface area contributed by atoms with Crippen molar-refractivity contribution in [2.24, 2.45) is 5.73 Å². The summed E-state index contributed by atoms with van der Waals surface area (Å²) in [6.45, 7) is 2.76. The predicted molar refractivity (Wildman–Crippen MR) is 82.0 cm³/mol. The van der Waals surface area contributed by atoms with E-state index in [0.29, 0.717) is 13.0 Å². The predicted octanol–water partition coefficient (Wildman–Crippen LogP) is 2.86. The molecule has 2 rings (SSSR count). The number of rotatable bonds is 5. The van der Waals surface area contributed by atoms with Gasteiger partial charge in [-0.2, -0.15) is 0 Å². The molecule has 2 atom stereocenters. The molecule has 20 heavy (non-hydrogen) atoms. The maximum Gasteiger partial charge on any atom is 0.139 e. The molecule has 1 aromatic carbocycles. The van der Waals surface area contributed by atoms with E-state index < -0.39 is 11.8 Å².